The zero-order valence-electron chi connectivity index (χ0n) is 15.8. The second-order valence-electron chi connectivity index (χ2n) is 6.83. The summed E-state index contributed by atoms with van der Waals surface area (Å²) in [6, 6.07) is 0.653. The molecule has 3 rings (SSSR count). The van der Waals surface area contributed by atoms with E-state index in [1.807, 2.05) is 10.9 Å². The highest BCUT2D eigenvalue weighted by atomic mass is 16.5. The van der Waals surface area contributed by atoms with Gasteiger partial charge in [0.1, 0.15) is 6.33 Å². The lowest BCUT2D eigenvalue weighted by Crippen LogP contribution is -2.43. The molecule has 0 aromatic carbocycles. The van der Waals surface area contributed by atoms with Gasteiger partial charge in [-0.2, -0.15) is 0 Å². The number of imidazole rings is 1. The van der Waals surface area contributed by atoms with Crippen molar-refractivity contribution in [1.29, 1.82) is 0 Å². The second kappa shape index (κ2) is 8.44. The number of aryl methyl sites for hydroxylation is 1. The number of fused-ring (bicyclic) bond motifs is 1. The van der Waals surface area contributed by atoms with Crippen LogP contribution in [0.2, 0.25) is 0 Å². The molecule has 0 unspecified atom stereocenters. The van der Waals surface area contributed by atoms with Crippen LogP contribution in [0.15, 0.2) is 12.7 Å². The first-order valence-electron chi connectivity index (χ1n) is 9.31. The van der Waals surface area contributed by atoms with Crippen LogP contribution < -0.4 is 10.2 Å². The Morgan fingerprint density at radius 2 is 2.08 bits per heavy atom. The number of rotatable bonds is 7. The Morgan fingerprint density at radius 1 is 1.31 bits per heavy atom. The molecule has 1 aliphatic rings. The van der Waals surface area contributed by atoms with Gasteiger partial charge in [-0.05, 0) is 32.6 Å². The number of anilines is 1. The molecule has 1 aliphatic carbocycles. The molecule has 1 fully saturated rings. The van der Waals surface area contributed by atoms with Crippen molar-refractivity contribution < 1.29 is 9.53 Å². The first-order valence-corrected chi connectivity index (χ1v) is 9.31. The highest BCUT2D eigenvalue weighted by molar-refractivity contribution is 5.83. The first-order chi connectivity index (χ1) is 12.6. The van der Waals surface area contributed by atoms with Crippen LogP contribution in [0.1, 0.15) is 39.0 Å². The lowest BCUT2D eigenvalue weighted by atomic mass is 9.90. The van der Waals surface area contributed by atoms with Crippen molar-refractivity contribution in [3.05, 3.63) is 12.7 Å². The molecule has 0 bridgehead atoms. The van der Waals surface area contributed by atoms with Gasteiger partial charge in [0, 0.05) is 39.2 Å². The van der Waals surface area contributed by atoms with E-state index < -0.39 is 0 Å². The van der Waals surface area contributed by atoms with Crippen molar-refractivity contribution in [2.75, 3.05) is 25.7 Å². The minimum atomic E-state index is 0.0752. The van der Waals surface area contributed by atoms with Gasteiger partial charge in [0.25, 0.3) is 0 Å². The standard InChI is InChI=1S/C18H28N6O2/c1-4-24-12-21-16-17(19-11-20-18(16)24)23(2)14-7-5-13(6-8-14)22-15(25)9-10-26-3/h11-14H,4-10H2,1-3H3,(H,22,25). The van der Waals surface area contributed by atoms with Crippen LogP contribution in [-0.4, -0.2) is 58.3 Å². The molecule has 26 heavy (non-hydrogen) atoms. The van der Waals surface area contributed by atoms with E-state index in [0.717, 1.165) is 49.2 Å². The molecule has 0 radical (unpaired) electrons. The van der Waals surface area contributed by atoms with Crippen LogP contribution >= 0.6 is 0 Å². The predicted octanol–water partition coefficient (Wildman–Crippen LogP) is 1.75. The summed E-state index contributed by atoms with van der Waals surface area (Å²) in [7, 11) is 3.69. The van der Waals surface area contributed by atoms with Gasteiger partial charge in [0.05, 0.1) is 12.9 Å². The highest BCUT2D eigenvalue weighted by Crippen LogP contribution is 2.28. The van der Waals surface area contributed by atoms with Crippen LogP contribution in [0, 0.1) is 0 Å². The molecular weight excluding hydrogens is 332 g/mol. The number of carbonyl (C=O) groups excluding carboxylic acids is 1. The van der Waals surface area contributed by atoms with E-state index in [2.05, 4.69) is 39.1 Å². The van der Waals surface area contributed by atoms with Gasteiger partial charge in [0.15, 0.2) is 17.0 Å². The summed E-state index contributed by atoms with van der Waals surface area (Å²) in [6.45, 7) is 3.39. The van der Waals surface area contributed by atoms with E-state index in [4.69, 9.17) is 4.74 Å². The van der Waals surface area contributed by atoms with Gasteiger partial charge < -0.3 is 19.5 Å². The minimum Gasteiger partial charge on any atom is -0.384 e. The molecule has 0 spiro atoms. The average molecular weight is 360 g/mol. The first kappa shape index (κ1) is 18.6. The zero-order valence-corrected chi connectivity index (χ0v) is 15.8. The minimum absolute atomic E-state index is 0.0752. The van der Waals surface area contributed by atoms with Crippen molar-refractivity contribution >= 4 is 22.9 Å². The van der Waals surface area contributed by atoms with Crippen molar-refractivity contribution in [3.8, 4) is 0 Å². The fraction of sp³-hybridized carbons (Fsp3) is 0.667. The van der Waals surface area contributed by atoms with Gasteiger partial charge >= 0.3 is 0 Å². The predicted molar refractivity (Wildman–Crippen MR) is 100 cm³/mol. The van der Waals surface area contributed by atoms with Gasteiger partial charge in [-0.15, -0.1) is 0 Å². The topological polar surface area (TPSA) is 85.2 Å². The van der Waals surface area contributed by atoms with Crippen LogP contribution in [0.25, 0.3) is 11.2 Å². The van der Waals surface area contributed by atoms with E-state index in [-0.39, 0.29) is 11.9 Å². The number of amides is 1. The molecule has 2 heterocycles. The Kier molecular flexibility index (Phi) is 6.03. The van der Waals surface area contributed by atoms with E-state index in [1.54, 1.807) is 13.4 Å². The number of methoxy groups -OCH3 is 1. The van der Waals surface area contributed by atoms with Crippen molar-refractivity contribution in [2.45, 2.75) is 57.7 Å². The molecule has 2 aromatic rings. The summed E-state index contributed by atoms with van der Waals surface area (Å²) < 4.78 is 6.99. The van der Waals surface area contributed by atoms with Gasteiger partial charge in [-0.1, -0.05) is 0 Å². The van der Waals surface area contributed by atoms with Crippen molar-refractivity contribution in [2.24, 2.45) is 0 Å². The molecule has 0 atom stereocenters. The highest BCUT2D eigenvalue weighted by Gasteiger charge is 2.27. The molecule has 8 nitrogen and oxygen atoms in total. The molecule has 2 aromatic heterocycles. The molecule has 1 saturated carbocycles. The van der Waals surface area contributed by atoms with Crippen molar-refractivity contribution in [3.63, 3.8) is 0 Å². The van der Waals surface area contributed by atoms with Crippen LogP contribution in [0.3, 0.4) is 0 Å². The summed E-state index contributed by atoms with van der Waals surface area (Å²) in [5.41, 5.74) is 1.73. The quantitative estimate of drug-likeness (QED) is 0.810. The fourth-order valence-corrected chi connectivity index (χ4v) is 3.63. The van der Waals surface area contributed by atoms with Crippen LogP contribution in [-0.2, 0) is 16.1 Å². The second-order valence-corrected chi connectivity index (χ2v) is 6.83. The van der Waals surface area contributed by atoms with Crippen molar-refractivity contribution in [1.82, 2.24) is 24.8 Å². The Balaban J connectivity index is 1.61. The number of aromatic nitrogens is 4. The van der Waals surface area contributed by atoms with E-state index >= 15 is 0 Å². The lowest BCUT2D eigenvalue weighted by molar-refractivity contribution is -0.122. The maximum atomic E-state index is 11.9. The molecule has 142 valence electrons. The normalized spacial score (nSPS) is 20.3. The molecule has 0 saturated heterocycles. The summed E-state index contributed by atoms with van der Waals surface area (Å²) in [6.07, 6.45) is 7.86. The number of carbonyl (C=O) groups is 1. The smallest absolute Gasteiger partial charge is 0.222 e. The third-order valence-electron chi connectivity index (χ3n) is 5.20. The summed E-state index contributed by atoms with van der Waals surface area (Å²) in [5.74, 6) is 0.959. The Bertz CT molecular complexity index is 738. The third kappa shape index (κ3) is 3.95. The van der Waals surface area contributed by atoms with E-state index in [9.17, 15) is 4.79 Å². The summed E-state index contributed by atoms with van der Waals surface area (Å²) >= 11 is 0. The van der Waals surface area contributed by atoms with Gasteiger partial charge in [0.2, 0.25) is 5.91 Å². The molecule has 0 aliphatic heterocycles. The number of nitrogens with one attached hydrogen (secondary N) is 1. The maximum Gasteiger partial charge on any atom is 0.222 e. The van der Waals surface area contributed by atoms with Gasteiger partial charge in [-0.3, -0.25) is 4.79 Å². The van der Waals surface area contributed by atoms with Crippen LogP contribution in [0.5, 0.6) is 0 Å². The monoisotopic (exact) mass is 360 g/mol. The zero-order chi connectivity index (χ0) is 18.5. The third-order valence-corrected chi connectivity index (χ3v) is 5.20. The summed E-state index contributed by atoms with van der Waals surface area (Å²) in [4.78, 5) is 27.5. The maximum absolute atomic E-state index is 11.9. The Labute approximate surface area is 154 Å². The molecular formula is C18H28N6O2. The number of hydrogen-bond acceptors (Lipinski definition) is 6. The average Bonchev–Trinajstić information content (AvgIpc) is 3.09. The lowest BCUT2D eigenvalue weighted by Gasteiger charge is -2.35. The number of ether oxygens (including phenoxy) is 1. The SMILES string of the molecule is CCn1cnc2c(N(C)C3CCC(NC(=O)CCOC)CC3)ncnc21. The number of hydrogen-bond donors (Lipinski definition) is 1. The number of nitrogens with zero attached hydrogens (tertiary/aromatic N) is 5. The Hall–Kier alpha value is -2.22. The Morgan fingerprint density at radius 3 is 2.77 bits per heavy atom. The largest absolute Gasteiger partial charge is 0.384 e. The molecule has 1 amide bonds. The molecule has 1 N–H and O–H groups in total. The van der Waals surface area contributed by atoms with Gasteiger partial charge in [-0.25, -0.2) is 15.0 Å². The van der Waals surface area contributed by atoms with Crippen LogP contribution in [0.4, 0.5) is 5.82 Å². The van der Waals surface area contributed by atoms with E-state index in [0.29, 0.717) is 19.1 Å². The van der Waals surface area contributed by atoms with E-state index in [1.165, 1.54) is 0 Å². The molecule has 8 heteroatoms. The fourth-order valence-electron chi connectivity index (χ4n) is 3.63. The summed E-state index contributed by atoms with van der Waals surface area (Å²) in [5, 5.41) is 3.11.